The fourth-order valence-corrected chi connectivity index (χ4v) is 4.53. The highest BCUT2D eigenvalue weighted by molar-refractivity contribution is 6.00. The van der Waals surface area contributed by atoms with E-state index in [-0.39, 0.29) is 12.5 Å². The Morgan fingerprint density at radius 1 is 1.07 bits per heavy atom. The highest BCUT2D eigenvalue weighted by atomic mass is 16.2. The number of imide groups is 1. The number of aromatic nitrogens is 4. The van der Waals surface area contributed by atoms with Gasteiger partial charge in [-0.05, 0) is 41.3 Å². The number of amides is 3. The number of urea groups is 1. The van der Waals surface area contributed by atoms with Crippen LogP contribution in [0.2, 0.25) is 0 Å². The molecule has 1 unspecified atom stereocenters. The zero-order valence-electron chi connectivity index (χ0n) is 15.9. The maximum Gasteiger partial charge on any atom is 0.321 e. The SMILES string of the molecule is O=C1NCC(c2cc([C@H]3C[C@@H]3c3cccc4cnccc34)c3nccn3n2)C(=O)N1. The molecule has 6 rings (SSSR count). The Morgan fingerprint density at radius 3 is 2.87 bits per heavy atom. The Hall–Kier alpha value is -3.81. The van der Waals surface area contributed by atoms with Crippen molar-refractivity contribution in [3.63, 3.8) is 0 Å². The van der Waals surface area contributed by atoms with E-state index in [1.165, 1.54) is 10.9 Å². The lowest BCUT2D eigenvalue weighted by atomic mass is 9.97. The predicted molar refractivity (Wildman–Crippen MR) is 109 cm³/mol. The summed E-state index contributed by atoms with van der Waals surface area (Å²) in [6.07, 6.45) is 8.25. The van der Waals surface area contributed by atoms with E-state index in [9.17, 15) is 9.59 Å². The van der Waals surface area contributed by atoms with Crippen molar-refractivity contribution in [3.8, 4) is 0 Å². The van der Waals surface area contributed by atoms with Crippen molar-refractivity contribution in [3.05, 3.63) is 71.9 Å². The largest absolute Gasteiger partial charge is 0.337 e. The van der Waals surface area contributed by atoms with Gasteiger partial charge in [0, 0.05) is 42.3 Å². The van der Waals surface area contributed by atoms with E-state index >= 15 is 0 Å². The minimum atomic E-state index is -0.519. The smallest absolute Gasteiger partial charge is 0.321 e. The molecule has 3 aromatic heterocycles. The molecule has 1 aliphatic heterocycles. The molecule has 1 aliphatic carbocycles. The summed E-state index contributed by atoms with van der Waals surface area (Å²) in [5.41, 5.74) is 3.85. The standard InChI is InChI=1S/C22H18N6O2/c29-21-18(11-25-22(30)26-21)19-9-17(20-24-6-7-28(20)27-19)16-8-15(16)14-3-1-2-12-10-23-5-4-13(12)14/h1-7,9-10,15-16,18H,8,11H2,(H2,25,26,29,30)/t15-,16+,18?/m1/s1. The molecule has 8 nitrogen and oxygen atoms in total. The minimum Gasteiger partial charge on any atom is -0.337 e. The van der Waals surface area contributed by atoms with Crippen LogP contribution in [0.1, 0.15) is 41.0 Å². The predicted octanol–water partition coefficient (Wildman–Crippen LogP) is 2.47. The van der Waals surface area contributed by atoms with Gasteiger partial charge in [0.15, 0.2) is 5.65 Å². The lowest BCUT2D eigenvalue weighted by molar-refractivity contribution is -0.122. The highest BCUT2D eigenvalue weighted by Gasteiger charge is 2.42. The molecule has 1 aromatic carbocycles. The number of fused-ring (bicyclic) bond motifs is 2. The van der Waals surface area contributed by atoms with Gasteiger partial charge in [-0.1, -0.05) is 18.2 Å². The quantitative estimate of drug-likeness (QED) is 0.552. The molecule has 1 saturated carbocycles. The van der Waals surface area contributed by atoms with E-state index in [0.717, 1.165) is 23.0 Å². The second-order valence-corrected chi connectivity index (χ2v) is 7.86. The topological polar surface area (TPSA) is 101 Å². The van der Waals surface area contributed by atoms with E-state index in [0.29, 0.717) is 17.5 Å². The van der Waals surface area contributed by atoms with Gasteiger partial charge in [-0.15, -0.1) is 0 Å². The van der Waals surface area contributed by atoms with Crippen LogP contribution in [0.4, 0.5) is 4.79 Å². The summed E-state index contributed by atoms with van der Waals surface area (Å²) in [7, 11) is 0. The first-order valence-corrected chi connectivity index (χ1v) is 9.94. The number of carbonyl (C=O) groups excluding carboxylic acids is 2. The summed E-state index contributed by atoms with van der Waals surface area (Å²) in [6, 6.07) is 9.93. The van der Waals surface area contributed by atoms with Crippen LogP contribution in [0.5, 0.6) is 0 Å². The molecule has 3 atom stereocenters. The maximum atomic E-state index is 12.4. The molecule has 1 saturated heterocycles. The summed E-state index contributed by atoms with van der Waals surface area (Å²) in [5.74, 6) is -0.164. The van der Waals surface area contributed by atoms with Gasteiger partial charge >= 0.3 is 6.03 Å². The Morgan fingerprint density at radius 2 is 1.97 bits per heavy atom. The molecule has 148 valence electrons. The Bertz CT molecular complexity index is 1320. The fraction of sp³-hybridized carbons (Fsp3) is 0.227. The second-order valence-electron chi connectivity index (χ2n) is 7.86. The summed E-state index contributed by atoms with van der Waals surface area (Å²) < 4.78 is 1.73. The number of nitrogens with zero attached hydrogens (tertiary/aromatic N) is 4. The molecule has 8 heteroatoms. The van der Waals surface area contributed by atoms with E-state index in [2.05, 4.69) is 50.0 Å². The minimum absolute atomic E-state index is 0.238. The van der Waals surface area contributed by atoms with Crippen LogP contribution in [0.25, 0.3) is 16.4 Å². The molecule has 0 bridgehead atoms. The van der Waals surface area contributed by atoms with Crippen LogP contribution < -0.4 is 10.6 Å². The number of rotatable bonds is 3. The Balaban J connectivity index is 1.41. The van der Waals surface area contributed by atoms with E-state index in [4.69, 9.17) is 0 Å². The fourth-order valence-electron chi connectivity index (χ4n) is 4.53. The van der Waals surface area contributed by atoms with E-state index < -0.39 is 11.9 Å². The molecule has 3 amide bonds. The first-order chi connectivity index (χ1) is 14.7. The maximum absolute atomic E-state index is 12.4. The number of pyridine rings is 1. The summed E-state index contributed by atoms with van der Waals surface area (Å²) in [5, 5.41) is 12.0. The Kier molecular flexibility index (Phi) is 3.61. The van der Waals surface area contributed by atoms with Crippen LogP contribution in [0.3, 0.4) is 0 Å². The second kappa shape index (κ2) is 6.35. The molecule has 0 radical (unpaired) electrons. The molecule has 0 spiro atoms. The van der Waals surface area contributed by atoms with Gasteiger partial charge in [-0.3, -0.25) is 15.1 Å². The summed E-state index contributed by atoms with van der Waals surface area (Å²) in [6.45, 7) is 0.238. The van der Waals surface area contributed by atoms with Gasteiger partial charge in [0.2, 0.25) is 5.91 Å². The van der Waals surface area contributed by atoms with Crippen molar-refractivity contribution >= 4 is 28.4 Å². The number of nitrogens with one attached hydrogen (secondary N) is 2. The lowest BCUT2D eigenvalue weighted by Crippen LogP contribution is -2.51. The van der Waals surface area contributed by atoms with Crippen molar-refractivity contribution in [2.24, 2.45) is 0 Å². The monoisotopic (exact) mass is 398 g/mol. The molecule has 2 N–H and O–H groups in total. The van der Waals surface area contributed by atoms with Crippen LogP contribution in [-0.4, -0.2) is 38.1 Å². The summed E-state index contributed by atoms with van der Waals surface area (Å²) in [4.78, 5) is 32.5. The zero-order chi connectivity index (χ0) is 20.2. The normalized spacial score (nSPS) is 23.4. The number of hydrogen-bond donors (Lipinski definition) is 2. The molecule has 4 aromatic rings. The number of hydrogen-bond acceptors (Lipinski definition) is 5. The molecular weight excluding hydrogens is 380 g/mol. The molecular formula is C22H18N6O2. The lowest BCUT2D eigenvalue weighted by Gasteiger charge is -2.22. The zero-order valence-corrected chi connectivity index (χ0v) is 15.9. The van der Waals surface area contributed by atoms with Crippen LogP contribution >= 0.6 is 0 Å². The molecule has 4 heterocycles. The van der Waals surface area contributed by atoms with Gasteiger partial charge in [0.05, 0.1) is 11.6 Å². The van der Waals surface area contributed by atoms with Crippen LogP contribution in [0.15, 0.2) is 55.1 Å². The summed E-state index contributed by atoms with van der Waals surface area (Å²) >= 11 is 0. The van der Waals surface area contributed by atoms with Crippen molar-refractivity contribution in [1.82, 2.24) is 30.2 Å². The van der Waals surface area contributed by atoms with Crippen LogP contribution in [-0.2, 0) is 4.79 Å². The first kappa shape index (κ1) is 17.1. The van der Waals surface area contributed by atoms with Gasteiger partial charge in [0.25, 0.3) is 0 Å². The van der Waals surface area contributed by atoms with Crippen molar-refractivity contribution in [1.29, 1.82) is 0 Å². The van der Waals surface area contributed by atoms with E-state index in [1.807, 2.05) is 18.5 Å². The van der Waals surface area contributed by atoms with Gasteiger partial charge < -0.3 is 5.32 Å². The average molecular weight is 398 g/mol. The van der Waals surface area contributed by atoms with Gasteiger partial charge in [0.1, 0.15) is 0 Å². The number of carbonyl (C=O) groups is 2. The third-order valence-corrected chi connectivity index (χ3v) is 6.09. The molecule has 2 aliphatic rings. The number of benzene rings is 1. The third kappa shape index (κ3) is 2.64. The molecule has 2 fully saturated rings. The highest BCUT2D eigenvalue weighted by Crippen LogP contribution is 2.56. The van der Waals surface area contributed by atoms with Crippen molar-refractivity contribution in [2.75, 3.05) is 6.54 Å². The van der Waals surface area contributed by atoms with E-state index in [1.54, 1.807) is 16.9 Å². The van der Waals surface area contributed by atoms with Gasteiger partial charge in [-0.25, -0.2) is 14.3 Å². The average Bonchev–Trinajstić information content (AvgIpc) is 3.40. The van der Waals surface area contributed by atoms with Crippen LogP contribution in [0, 0.1) is 0 Å². The van der Waals surface area contributed by atoms with Crippen molar-refractivity contribution in [2.45, 2.75) is 24.2 Å². The van der Waals surface area contributed by atoms with Gasteiger partial charge in [-0.2, -0.15) is 5.10 Å². The first-order valence-electron chi connectivity index (χ1n) is 9.94. The van der Waals surface area contributed by atoms with Crippen molar-refractivity contribution < 1.29 is 9.59 Å². The number of imidazole rings is 1. The molecule has 30 heavy (non-hydrogen) atoms. The third-order valence-electron chi connectivity index (χ3n) is 6.09. The Labute approximate surface area is 171 Å².